The standard InChI is InChI=1S/C20H35ClFN5O3/c1-14(25-19(28)13-30-15-2-3-16(21)17(22)12-15)4-6-23-18-5-7-24-20(26-18)27-8-10-29-11-9-27/h15-18,20,23-24,26H,1-13H2,(H,25,28). The predicted molar refractivity (Wildman–Crippen MR) is 114 cm³/mol. The van der Waals surface area contributed by atoms with E-state index in [1.807, 2.05) is 0 Å². The number of carbonyl (C=O) groups is 1. The van der Waals surface area contributed by atoms with Crippen LogP contribution in [0.4, 0.5) is 4.39 Å². The van der Waals surface area contributed by atoms with E-state index in [0.717, 1.165) is 39.3 Å². The minimum atomic E-state index is -1.07. The molecule has 10 heteroatoms. The maximum absolute atomic E-state index is 13.6. The molecule has 3 fully saturated rings. The number of alkyl halides is 2. The van der Waals surface area contributed by atoms with Crippen molar-refractivity contribution in [3.63, 3.8) is 0 Å². The molecule has 1 amide bonds. The monoisotopic (exact) mass is 447 g/mol. The first-order chi connectivity index (χ1) is 14.5. The highest BCUT2D eigenvalue weighted by molar-refractivity contribution is 6.21. The van der Waals surface area contributed by atoms with Crippen molar-refractivity contribution in [1.29, 1.82) is 0 Å². The molecule has 3 aliphatic rings. The highest BCUT2D eigenvalue weighted by Gasteiger charge is 2.30. The Hall–Kier alpha value is -0.810. The molecular weight excluding hydrogens is 413 g/mol. The summed E-state index contributed by atoms with van der Waals surface area (Å²) in [5.74, 6) is -0.254. The first-order valence-corrected chi connectivity index (χ1v) is 11.4. The van der Waals surface area contributed by atoms with E-state index in [-0.39, 0.29) is 37.5 Å². The van der Waals surface area contributed by atoms with Crippen LogP contribution in [0, 0.1) is 0 Å². The molecule has 5 unspecified atom stereocenters. The second kappa shape index (κ2) is 12.3. The lowest BCUT2D eigenvalue weighted by molar-refractivity contribution is -0.128. The van der Waals surface area contributed by atoms with E-state index in [1.165, 1.54) is 0 Å². The Labute approximate surface area is 183 Å². The number of amides is 1. The predicted octanol–water partition coefficient (Wildman–Crippen LogP) is 0.635. The zero-order chi connectivity index (χ0) is 21.3. The van der Waals surface area contributed by atoms with E-state index in [0.29, 0.717) is 31.5 Å². The summed E-state index contributed by atoms with van der Waals surface area (Å²) in [7, 11) is 0. The Kier molecular flexibility index (Phi) is 9.76. The summed E-state index contributed by atoms with van der Waals surface area (Å²) in [6.07, 6.45) is 2.15. The summed E-state index contributed by atoms with van der Waals surface area (Å²) in [6.45, 7) is 8.85. The number of halogens is 2. The van der Waals surface area contributed by atoms with E-state index in [9.17, 15) is 9.18 Å². The maximum atomic E-state index is 13.6. The smallest absolute Gasteiger partial charge is 0.250 e. The van der Waals surface area contributed by atoms with Crippen molar-refractivity contribution in [2.75, 3.05) is 46.0 Å². The van der Waals surface area contributed by atoms with Gasteiger partial charge in [0.2, 0.25) is 5.91 Å². The fraction of sp³-hybridized carbons (Fsp3) is 0.850. The molecule has 2 aliphatic heterocycles. The van der Waals surface area contributed by atoms with E-state index >= 15 is 0 Å². The van der Waals surface area contributed by atoms with Gasteiger partial charge in [0.25, 0.3) is 0 Å². The number of carbonyl (C=O) groups excluding carboxylic acids is 1. The van der Waals surface area contributed by atoms with Crippen LogP contribution >= 0.6 is 11.6 Å². The summed E-state index contributed by atoms with van der Waals surface area (Å²) in [6, 6.07) is 0. The Morgan fingerprint density at radius 1 is 1.30 bits per heavy atom. The molecule has 3 rings (SSSR count). The van der Waals surface area contributed by atoms with Crippen LogP contribution in [-0.4, -0.2) is 86.9 Å². The number of rotatable bonds is 9. The Bertz CT molecular complexity index is 567. The average molecular weight is 448 g/mol. The Morgan fingerprint density at radius 2 is 2.10 bits per heavy atom. The summed E-state index contributed by atoms with van der Waals surface area (Å²) in [5, 5.41) is 12.9. The van der Waals surface area contributed by atoms with Gasteiger partial charge in [0.15, 0.2) is 0 Å². The van der Waals surface area contributed by atoms with Gasteiger partial charge in [0.1, 0.15) is 19.1 Å². The van der Waals surface area contributed by atoms with Crippen LogP contribution in [0.2, 0.25) is 0 Å². The van der Waals surface area contributed by atoms with E-state index in [4.69, 9.17) is 21.1 Å². The molecule has 2 saturated heterocycles. The molecule has 1 saturated carbocycles. The van der Waals surface area contributed by atoms with Crippen molar-refractivity contribution < 1.29 is 18.7 Å². The topological polar surface area (TPSA) is 86.9 Å². The molecule has 1 aliphatic carbocycles. The van der Waals surface area contributed by atoms with E-state index < -0.39 is 11.5 Å². The number of nitrogens with zero attached hydrogens (tertiary/aromatic N) is 1. The molecule has 0 aromatic rings. The third-order valence-corrected chi connectivity index (χ3v) is 6.26. The van der Waals surface area contributed by atoms with Gasteiger partial charge >= 0.3 is 0 Å². The number of hydrogen-bond donors (Lipinski definition) is 4. The van der Waals surface area contributed by atoms with Crippen LogP contribution in [0.1, 0.15) is 32.1 Å². The molecule has 172 valence electrons. The van der Waals surface area contributed by atoms with Crippen LogP contribution in [0.3, 0.4) is 0 Å². The molecule has 30 heavy (non-hydrogen) atoms. The van der Waals surface area contributed by atoms with Crippen LogP contribution in [-0.2, 0) is 14.3 Å². The molecule has 8 nitrogen and oxygen atoms in total. The fourth-order valence-electron chi connectivity index (χ4n) is 4.01. The van der Waals surface area contributed by atoms with Crippen LogP contribution in [0.25, 0.3) is 0 Å². The average Bonchev–Trinajstić information content (AvgIpc) is 2.75. The second-order valence-corrected chi connectivity index (χ2v) is 8.71. The molecule has 4 N–H and O–H groups in total. The van der Waals surface area contributed by atoms with E-state index in [1.54, 1.807) is 0 Å². The van der Waals surface area contributed by atoms with Gasteiger partial charge in [-0.25, -0.2) is 4.39 Å². The summed E-state index contributed by atoms with van der Waals surface area (Å²) in [4.78, 5) is 14.4. The maximum Gasteiger partial charge on any atom is 0.250 e. The molecule has 0 aromatic heterocycles. The van der Waals surface area contributed by atoms with Gasteiger partial charge in [-0.15, -0.1) is 11.6 Å². The normalized spacial score (nSPS) is 33.2. The van der Waals surface area contributed by atoms with Gasteiger partial charge in [0, 0.05) is 38.3 Å². The van der Waals surface area contributed by atoms with E-state index in [2.05, 4.69) is 32.7 Å². The minimum absolute atomic E-state index is 0.0894. The third kappa shape index (κ3) is 7.71. The molecule has 0 bridgehead atoms. The van der Waals surface area contributed by atoms with Gasteiger partial charge < -0.3 is 20.1 Å². The number of ether oxygens (including phenoxy) is 2. The Balaban J connectivity index is 1.26. The first-order valence-electron chi connectivity index (χ1n) is 10.9. The molecule has 0 radical (unpaired) electrons. The van der Waals surface area contributed by atoms with Crippen molar-refractivity contribution >= 4 is 17.5 Å². The lowest BCUT2D eigenvalue weighted by Crippen LogP contribution is -2.66. The van der Waals surface area contributed by atoms with Crippen LogP contribution in [0.5, 0.6) is 0 Å². The number of hydrogen-bond acceptors (Lipinski definition) is 7. The van der Waals surface area contributed by atoms with Gasteiger partial charge in [0.05, 0.1) is 30.9 Å². The van der Waals surface area contributed by atoms with Crippen LogP contribution in [0.15, 0.2) is 12.3 Å². The zero-order valence-corrected chi connectivity index (χ0v) is 18.3. The first kappa shape index (κ1) is 23.8. The fourth-order valence-corrected chi connectivity index (χ4v) is 4.24. The van der Waals surface area contributed by atoms with Gasteiger partial charge in [-0.3, -0.25) is 20.3 Å². The number of nitrogens with one attached hydrogen (secondary N) is 4. The van der Waals surface area contributed by atoms with Crippen molar-refractivity contribution in [2.24, 2.45) is 0 Å². The molecule has 0 spiro atoms. The quantitative estimate of drug-likeness (QED) is 0.386. The largest absolute Gasteiger partial charge is 0.379 e. The molecule has 5 atom stereocenters. The van der Waals surface area contributed by atoms with Crippen molar-refractivity contribution in [1.82, 2.24) is 26.2 Å². The Morgan fingerprint density at radius 3 is 2.87 bits per heavy atom. The zero-order valence-electron chi connectivity index (χ0n) is 17.5. The lowest BCUT2D eigenvalue weighted by Gasteiger charge is -2.41. The van der Waals surface area contributed by atoms with Crippen molar-refractivity contribution in [2.45, 2.75) is 62.2 Å². The van der Waals surface area contributed by atoms with Crippen LogP contribution < -0.4 is 21.3 Å². The third-order valence-electron chi connectivity index (χ3n) is 5.77. The summed E-state index contributed by atoms with van der Waals surface area (Å²) < 4.78 is 24.6. The highest BCUT2D eigenvalue weighted by atomic mass is 35.5. The van der Waals surface area contributed by atoms with Crippen molar-refractivity contribution in [3.05, 3.63) is 12.3 Å². The SMILES string of the molecule is C=C(CCNC1CCNC(N2CCOCC2)N1)NC(=O)COC1CCC(Cl)C(F)C1. The second-order valence-electron chi connectivity index (χ2n) is 8.15. The summed E-state index contributed by atoms with van der Waals surface area (Å²) >= 11 is 5.87. The molecule has 2 heterocycles. The van der Waals surface area contributed by atoms with Gasteiger partial charge in [-0.05, 0) is 25.7 Å². The minimum Gasteiger partial charge on any atom is -0.379 e. The van der Waals surface area contributed by atoms with Gasteiger partial charge in [-0.1, -0.05) is 6.58 Å². The molecule has 0 aromatic carbocycles. The van der Waals surface area contributed by atoms with Gasteiger partial charge in [-0.2, -0.15) is 0 Å². The lowest BCUT2D eigenvalue weighted by atomic mass is 9.95. The number of morpholine rings is 1. The molecular formula is C20H35ClFN5O3. The highest BCUT2D eigenvalue weighted by Crippen LogP contribution is 2.27. The summed E-state index contributed by atoms with van der Waals surface area (Å²) in [5.41, 5.74) is 0.641. The van der Waals surface area contributed by atoms with Crippen molar-refractivity contribution in [3.8, 4) is 0 Å².